The maximum atomic E-state index is 12.9. The molecule has 3 N–H and O–H groups in total. The van der Waals surface area contributed by atoms with E-state index in [4.69, 9.17) is 0 Å². The SMILES string of the molecule is O=C(CNC(=O)C1CCC(CNS(=O)(=O)c2ccccc2)CC1)Nc1ccc(F)cc1. The van der Waals surface area contributed by atoms with E-state index in [2.05, 4.69) is 15.4 Å². The summed E-state index contributed by atoms with van der Waals surface area (Å²) in [5, 5.41) is 5.23. The molecule has 1 saturated carbocycles. The molecule has 0 radical (unpaired) electrons. The Bertz CT molecular complexity index is 989. The van der Waals surface area contributed by atoms with Crippen LogP contribution in [0.2, 0.25) is 0 Å². The second-order valence-electron chi connectivity index (χ2n) is 7.66. The molecule has 7 nitrogen and oxygen atoms in total. The molecule has 0 heterocycles. The van der Waals surface area contributed by atoms with E-state index in [-0.39, 0.29) is 35.1 Å². The largest absolute Gasteiger partial charge is 0.347 e. The van der Waals surface area contributed by atoms with Crippen molar-refractivity contribution in [3.05, 3.63) is 60.4 Å². The van der Waals surface area contributed by atoms with E-state index in [0.717, 1.165) is 12.8 Å². The topological polar surface area (TPSA) is 104 Å². The van der Waals surface area contributed by atoms with Crippen LogP contribution in [-0.2, 0) is 19.6 Å². The molecule has 9 heteroatoms. The van der Waals surface area contributed by atoms with Crippen LogP contribution in [-0.4, -0.2) is 33.3 Å². The Morgan fingerprint density at radius 1 is 0.935 bits per heavy atom. The summed E-state index contributed by atoms with van der Waals surface area (Å²) in [6.07, 6.45) is 2.75. The molecule has 2 amide bonds. The Balaban J connectivity index is 1.37. The Morgan fingerprint density at radius 3 is 2.23 bits per heavy atom. The third-order valence-electron chi connectivity index (χ3n) is 5.38. The van der Waals surface area contributed by atoms with Crippen molar-refractivity contribution < 1.29 is 22.4 Å². The second-order valence-corrected chi connectivity index (χ2v) is 9.42. The van der Waals surface area contributed by atoms with Gasteiger partial charge in [-0.05, 0) is 68.0 Å². The summed E-state index contributed by atoms with van der Waals surface area (Å²) < 4.78 is 40.2. The number of anilines is 1. The van der Waals surface area contributed by atoms with Crippen LogP contribution in [0.4, 0.5) is 10.1 Å². The van der Waals surface area contributed by atoms with E-state index < -0.39 is 15.8 Å². The van der Waals surface area contributed by atoms with Crippen LogP contribution >= 0.6 is 0 Å². The van der Waals surface area contributed by atoms with E-state index in [1.165, 1.54) is 24.3 Å². The number of hydrogen-bond acceptors (Lipinski definition) is 4. The highest BCUT2D eigenvalue weighted by Gasteiger charge is 2.27. The summed E-state index contributed by atoms with van der Waals surface area (Å²) in [5.74, 6) is -0.985. The van der Waals surface area contributed by atoms with Gasteiger partial charge in [0.15, 0.2) is 0 Å². The number of rotatable bonds is 8. The van der Waals surface area contributed by atoms with Crippen LogP contribution in [0.3, 0.4) is 0 Å². The van der Waals surface area contributed by atoms with Crippen LogP contribution < -0.4 is 15.4 Å². The van der Waals surface area contributed by atoms with E-state index >= 15 is 0 Å². The molecule has 0 aromatic heterocycles. The highest BCUT2D eigenvalue weighted by molar-refractivity contribution is 7.89. The predicted octanol–water partition coefficient (Wildman–Crippen LogP) is 2.67. The van der Waals surface area contributed by atoms with E-state index in [1.54, 1.807) is 30.3 Å². The van der Waals surface area contributed by atoms with E-state index in [9.17, 15) is 22.4 Å². The van der Waals surface area contributed by atoms with Gasteiger partial charge in [0.25, 0.3) is 0 Å². The fraction of sp³-hybridized carbons (Fsp3) is 0.364. The summed E-state index contributed by atoms with van der Waals surface area (Å²) in [4.78, 5) is 24.5. The Hall–Kier alpha value is -2.78. The number of hydrogen-bond donors (Lipinski definition) is 3. The Morgan fingerprint density at radius 2 is 1.58 bits per heavy atom. The number of sulfonamides is 1. The van der Waals surface area contributed by atoms with Gasteiger partial charge in [0, 0.05) is 18.2 Å². The first-order valence-electron chi connectivity index (χ1n) is 10.2. The zero-order valence-corrected chi connectivity index (χ0v) is 17.8. The van der Waals surface area contributed by atoms with Gasteiger partial charge in [-0.1, -0.05) is 18.2 Å². The highest BCUT2D eigenvalue weighted by atomic mass is 32.2. The molecule has 1 fully saturated rings. The molecule has 1 aliphatic carbocycles. The highest BCUT2D eigenvalue weighted by Crippen LogP contribution is 2.28. The van der Waals surface area contributed by atoms with Gasteiger partial charge in [-0.3, -0.25) is 9.59 Å². The zero-order valence-electron chi connectivity index (χ0n) is 17.0. The minimum atomic E-state index is -3.53. The third kappa shape index (κ3) is 6.86. The van der Waals surface area contributed by atoms with E-state index in [1.807, 2.05) is 0 Å². The molecule has 0 spiro atoms. The van der Waals surface area contributed by atoms with Crippen molar-refractivity contribution in [3.63, 3.8) is 0 Å². The van der Waals surface area contributed by atoms with E-state index in [0.29, 0.717) is 25.1 Å². The Labute approximate surface area is 181 Å². The van der Waals surface area contributed by atoms with Crippen molar-refractivity contribution in [2.75, 3.05) is 18.4 Å². The molecule has 0 atom stereocenters. The molecule has 2 aromatic carbocycles. The number of nitrogens with one attached hydrogen (secondary N) is 3. The van der Waals surface area contributed by atoms with Crippen LogP contribution in [0.15, 0.2) is 59.5 Å². The molecule has 0 unspecified atom stereocenters. The van der Waals surface area contributed by atoms with Gasteiger partial charge in [0.2, 0.25) is 21.8 Å². The Kier molecular flexibility index (Phi) is 7.75. The van der Waals surface area contributed by atoms with Crippen molar-refractivity contribution in [2.45, 2.75) is 30.6 Å². The smallest absolute Gasteiger partial charge is 0.243 e. The number of carbonyl (C=O) groups excluding carboxylic acids is 2. The first kappa shape index (κ1) is 22.9. The maximum Gasteiger partial charge on any atom is 0.243 e. The van der Waals surface area contributed by atoms with Gasteiger partial charge >= 0.3 is 0 Å². The fourth-order valence-corrected chi connectivity index (χ4v) is 4.73. The summed E-state index contributed by atoms with van der Waals surface area (Å²) in [6, 6.07) is 13.6. The lowest BCUT2D eigenvalue weighted by molar-refractivity contribution is -0.128. The summed E-state index contributed by atoms with van der Waals surface area (Å²) >= 11 is 0. The lowest BCUT2D eigenvalue weighted by Gasteiger charge is -2.27. The standard InChI is InChI=1S/C22H26FN3O4S/c23-18-10-12-19(13-11-18)26-21(27)15-24-22(28)17-8-6-16(7-9-17)14-25-31(29,30)20-4-2-1-3-5-20/h1-5,10-13,16-17,25H,6-9,14-15H2,(H,24,28)(H,26,27). The second kappa shape index (κ2) is 10.5. The van der Waals surface area contributed by atoms with Crippen LogP contribution in [0.25, 0.3) is 0 Å². The molecule has 0 saturated heterocycles. The molecule has 1 aliphatic rings. The predicted molar refractivity (Wildman–Crippen MR) is 115 cm³/mol. The quantitative estimate of drug-likeness (QED) is 0.579. The first-order valence-corrected chi connectivity index (χ1v) is 11.7. The third-order valence-corrected chi connectivity index (χ3v) is 6.82. The summed E-state index contributed by atoms with van der Waals surface area (Å²) in [6.45, 7) is 0.179. The maximum absolute atomic E-state index is 12.9. The molecule has 166 valence electrons. The zero-order chi connectivity index (χ0) is 22.3. The van der Waals surface area contributed by atoms with Gasteiger partial charge in [-0.2, -0.15) is 0 Å². The molecule has 2 aromatic rings. The normalized spacial score (nSPS) is 18.9. The minimum Gasteiger partial charge on any atom is -0.347 e. The van der Waals surface area contributed by atoms with Crippen LogP contribution in [0.1, 0.15) is 25.7 Å². The van der Waals surface area contributed by atoms with Crippen molar-refractivity contribution >= 4 is 27.5 Å². The fourth-order valence-electron chi connectivity index (χ4n) is 3.59. The lowest BCUT2D eigenvalue weighted by Crippen LogP contribution is -2.39. The van der Waals surface area contributed by atoms with Gasteiger partial charge in [0.05, 0.1) is 11.4 Å². The molecular formula is C22H26FN3O4S. The molecule has 0 aliphatic heterocycles. The summed E-state index contributed by atoms with van der Waals surface area (Å²) in [7, 11) is -3.53. The number of halogens is 1. The van der Waals surface area contributed by atoms with Gasteiger partial charge in [0.1, 0.15) is 5.82 Å². The summed E-state index contributed by atoms with van der Waals surface area (Å²) in [5.41, 5.74) is 0.458. The molecule has 3 rings (SSSR count). The molecular weight excluding hydrogens is 421 g/mol. The van der Waals surface area contributed by atoms with Crippen molar-refractivity contribution in [1.82, 2.24) is 10.0 Å². The van der Waals surface area contributed by atoms with Crippen LogP contribution in [0.5, 0.6) is 0 Å². The molecule has 0 bridgehead atoms. The monoisotopic (exact) mass is 447 g/mol. The van der Waals surface area contributed by atoms with Crippen LogP contribution in [0, 0.1) is 17.7 Å². The van der Waals surface area contributed by atoms with Gasteiger partial charge in [-0.25, -0.2) is 17.5 Å². The van der Waals surface area contributed by atoms with Crippen molar-refractivity contribution in [2.24, 2.45) is 11.8 Å². The number of amides is 2. The lowest BCUT2D eigenvalue weighted by atomic mass is 9.81. The average Bonchev–Trinajstić information content (AvgIpc) is 2.78. The molecule has 31 heavy (non-hydrogen) atoms. The first-order chi connectivity index (χ1) is 14.8. The van der Waals surface area contributed by atoms with Crippen molar-refractivity contribution in [1.29, 1.82) is 0 Å². The van der Waals surface area contributed by atoms with Gasteiger partial charge < -0.3 is 10.6 Å². The average molecular weight is 448 g/mol. The number of carbonyl (C=O) groups is 2. The minimum absolute atomic E-state index is 0.160. The van der Waals surface area contributed by atoms with Crippen molar-refractivity contribution in [3.8, 4) is 0 Å². The number of benzene rings is 2. The van der Waals surface area contributed by atoms with Gasteiger partial charge in [-0.15, -0.1) is 0 Å².